The highest BCUT2D eigenvalue weighted by molar-refractivity contribution is 5.88. The van der Waals surface area contributed by atoms with Gasteiger partial charge in [0.25, 0.3) is 5.56 Å². The van der Waals surface area contributed by atoms with E-state index in [9.17, 15) is 4.79 Å². The van der Waals surface area contributed by atoms with Gasteiger partial charge < -0.3 is 5.32 Å². The quantitative estimate of drug-likeness (QED) is 0.327. The largest absolute Gasteiger partial charge is 0.377 e. The van der Waals surface area contributed by atoms with Crippen LogP contribution in [0.1, 0.15) is 41.0 Å². The van der Waals surface area contributed by atoms with E-state index in [4.69, 9.17) is 0 Å². The maximum atomic E-state index is 14.2. The van der Waals surface area contributed by atoms with Crippen LogP contribution in [0.15, 0.2) is 96.8 Å². The van der Waals surface area contributed by atoms with Crippen LogP contribution >= 0.6 is 0 Å². The fourth-order valence-electron chi connectivity index (χ4n) is 4.91. The molecule has 0 fully saturated rings. The molecule has 40 heavy (non-hydrogen) atoms. The molecule has 2 aromatic carbocycles. The first kappa shape index (κ1) is 24.9. The number of hydrogen-bond acceptors (Lipinski definition) is 5. The molecule has 0 saturated heterocycles. The highest BCUT2D eigenvalue weighted by Crippen LogP contribution is 2.25. The molecule has 0 saturated carbocycles. The molecule has 1 N–H and O–H groups in total. The van der Waals surface area contributed by atoms with Gasteiger partial charge in [-0.05, 0) is 49.6 Å². The van der Waals surface area contributed by atoms with Crippen LogP contribution in [0.25, 0.3) is 27.8 Å². The van der Waals surface area contributed by atoms with Crippen molar-refractivity contribution in [1.82, 2.24) is 34.3 Å². The number of aryl methyl sites for hydroxylation is 2. The zero-order valence-electron chi connectivity index (χ0n) is 22.5. The molecule has 6 aromatic rings. The minimum Gasteiger partial charge on any atom is -0.377 e. The Morgan fingerprint density at radius 2 is 1.85 bits per heavy atom. The van der Waals surface area contributed by atoms with E-state index >= 15 is 0 Å². The molecule has 0 aliphatic heterocycles. The Hall–Kier alpha value is -5.42. The van der Waals surface area contributed by atoms with Gasteiger partial charge in [-0.15, -0.1) is 0 Å². The number of aromatic nitrogens is 6. The molecule has 0 unspecified atom stereocenters. The van der Waals surface area contributed by atoms with Crippen molar-refractivity contribution in [2.24, 2.45) is 7.05 Å². The molecule has 0 amide bonds. The average Bonchev–Trinajstić information content (AvgIpc) is 3.59. The number of para-hydroxylation sites is 1. The third kappa shape index (κ3) is 4.44. The second kappa shape index (κ2) is 10.0. The first-order valence-corrected chi connectivity index (χ1v) is 12.9. The van der Waals surface area contributed by atoms with Gasteiger partial charge in [-0.2, -0.15) is 10.2 Å². The Labute approximate surface area is 231 Å². The van der Waals surface area contributed by atoms with Crippen LogP contribution in [0.2, 0.25) is 0 Å². The monoisotopic (exact) mass is 525 g/mol. The van der Waals surface area contributed by atoms with Gasteiger partial charge in [-0.1, -0.05) is 48.8 Å². The van der Waals surface area contributed by atoms with Gasteiger partial charge in [0.1, 0.15) is 0 Å². The predicted octanol–water partition coefficient (Wildman–Crippen LogP) is 4.80. The van der Waals surface area contributed by atoms with Crippen LogP contribution in [-0.4, -0.2) is 28.9 Å². The fraction of sp³-hybridized carbons (Fsp3) is 0.125. The first-order valence-electron chi connectivity index (χ1n) is 12.9. The number of nitrogens with zero attached hydrogens (tertiary/aromatic N) is 6. The van der Waals surface area contributed by atoms with Crippen LogP contribution in [0.3, 0.4) is 0 Å². The summed E-state index contributed by atoms with van der Waals surface area (Å²) in [6.07, 6.45) is 7.08. The van der Waals surface area contributed by atoms with E-state index in [0.29, 0.717) is 16.6 Å². The van der Waals surface area contributed by atoms with Crippen molar-refractivity contribution in [1.29, 1.82) is 0 Å². The molecule has 0 spiro atoms. The topological polar surface area (TPSA) is 82.0 Å². The van der Waals surface area contributed by atoms with E-state index in [1.165, 1.54) is 0 Å². The molecule has 8 nitrogen and oxygen atoms in total. The third-order valence-corrected chi connectivity index (χ3v) is 6.89. The molecule has 0 bridgehead atoms. The van der Waals surface area contributed by atoms with Crippen LogP contribution in [0.4, 0.5) is 0 Å². The summed E-state index contributed by atoms with van der Waals surface area (Å²) in [5, 5.41) is 13.5. The number of rotatable bonds is 5. The summed E-state index contributed by atoms with van der Waals surface area (Å²) in [6, 6.07) is 19.1. The van der Waals surface area contributed by atoms with Gasteiger partial charge in [-0.25, -0.2) is 9.50 Å². The lowest BCUT2D eigenvalue weighted by Crippen LogP contribution is -2.28. The molecule has 6 rings (SSSR count). The summed E-state index contributed by atoms with van der Waals surface area (Å²) in [5.74, 6) is 6.33. The zero-order valence-corrected chi connectivity index (χ0v) is 22.5. The van der Waals surface area contributed by atoms with Crippen molar-refractivity contribution in [3.8, 4) is 17.5 Å². The van der Waals surface area contributed by atoms with Gasteiger partial charge in [0.2, 0.25) is 0 Å². The van der Waals surface area contributed by atoms with Crippen LogP contribution in [0.5, 0.6) is 0 Å². The lowest BCUT2D eigenvalue weighted by Gasteiger charge is -2.22. The summed E-state index contributed by atoms with van der Waals surface area (Å²) in [5.41, 5.74) is 6.06. The third-order valence-electron chi connectivity index (χ3n) is 6.89. The van der Waals surface area contributed by atoms with Gasteiger partial charge in [0, 0.05) is 47.8 Å². The Kier molecular flexibility index (Phi) is 6.25. The second-order valence-corrected chi connectivity index (χ2v) is 9.69. The minimum atomic E-state index is -0.269. The van der Waals surface area contributed by atoms with Crippen molar-refractivity contribution < 1.29 is 0 Å². The van der Waals surface area contributed by atoms with E-state index in [-0.39, 0.29) is 11.6 Å². The number of benzene rings is 2. The Morgan fingerprint density at radius 3 is 2.62 bits per heavy atom. The number of nitrogens with one attached hydrogen (secondary N) is 1. The maximum absolute atomic E-state index is 14.2. The highest BCUT2D eigenvalue weighted by atomic mass is 16.1. The molecule has 1 atom stereocenters. The van der Waals surface area contributed by atoms with Gasteiger partial charge in [0.15, 0.2) is 5.65 Å². The van der Waals surface area contributed by atoms with E-state index in [0.717, 1.165) is 39.2 Å². The van der Waals surface area contributed by atoms with E-state index in [1.807, 2.05) is 87.8 Å². The van der Waals surface area contributed by atoms with E-state index in [2.05, 4.69) is 38.9 Å². The molecule has 0 aliphatic rings. The Morgan fingerprint density at radius 1 is 1.02 bits per heavy atom. The molecule has 0 radical (unpaired) electrons. The first-order chi connectivity index (χ1) is 19.4. The molecule has 4 heterocycles. The van der Waals surface area contributed by atoms with Crippen molar-refractivity contribution in [3.63, 3.8) is 0 Å². The normalized spacial score (nSPS) is 11.8. The summed E-state index contributed by atoms with van der Waals surface area (Å²) < 4.78 is 5.24. The molecular formula is C32H27N7O. The number of pyridine rings is 1. The molecule has 196 valence electrons. The minimum absolute atomic E-state index is 0.137. The number of fused-ring (bicyclic) bond motifs is 2. The fourth-order valence-corrected chi connectivity index (χ4v) is 4.91. The van der Waals surface area contributed by atoms with Crippen LogP contribution < -0.4 is 10.9 Å². The summed E-state index contributed by atoms with van der Waals surface area (Å²) >= 11 is 0. The van der Waals surface area contributed by atoms with Gasteiger partial charge in [-0.3, -0.25) is 14.0 Å². The summed E-state index contributed by atoms with van der Waals surface area (Å²) in [4.78, 5) is 18.7. The predicted molar refractivity (Wildman–Crippen MR) is 157 cm³/mol. The van der Waals surface area contributed by atoms with Crippen LogP contribution in [-0.2, 0) is 7.05 Å². The molecule has 8 heteroatoms. The zero-order chi connectivity index (χ0) is 27.8. The van der Waals surface area contributed by atoms with Crippen molar-refractivity contribution >= 4 is 22.1 Å². The summed E-state index contributed by atoms with van der Waals surface area (Å²) in [6.45, 7) is 8.28. The van der Waals surface area contributed by atoms with Gasteiger partial charge in [0.05, 0.1) is 34.9 Å². The van der Waals surface area contributed by atoms with Crippen molar-refractivity contribution in [3.05, 3.63) is 130 Å². The van der Waals surface area contributed by atoms with Crippen LogP contribution in [0, 0.1) is 18.8 Å². The smallest absolute Gasteiger partial charge is 0.264 e. The molecule has 0 aliphatic carbocycles. The lowest BCUT2D eigenvalue weighted by molar-refractivity contribution is 0.652. The van der Waals surface area contributed by atoms with Crippen molar-refractivity contribution in [2.45, 2.75) is 19.9 Å². The van der Waals surface area contributed by atoms with Gasteiger partial charge >= 0.3 is 0 Å². The SMILES string of the molecule is C=C(N[C@H](C)c1cc2cccc(C#Cc3cnn(C)c3)c2c(=O)n1-c1ccccc1)c1cnn2c(C)ccnc12. The Balaban J connectivity index is 1.46. The lowest BCUT2D eigenvalue weighted by atomic mass is 10.0. The number of hydrogen-bond donors (Lipinski definition) is 1. The van der Waals surface area contributed by atoms with E-state index in [1.54, 1.807) is 32.4 Å². The molecule has 4 aromatic heterocycles. The second-order valence-electron chi connectivity index (χ2n) is 9.69. The van der Waals surface area contributed by atoms with E-state index < -0.39 is 0 Å². The summed E-state index contributed by atoms with van der Waals surface area (Å²) in [7, 11) is 1.85. The average molecular weight is 526 g/mol. The molecular weight excluding hydrogens is 498 g/mol. The van der Waals surface area contributed by atoms with Crippen molar-refractivity contribution in [2.75, 3.05) is 0 Å². The maximum Gasteiger partial charge on any atom is 0.264 e. The Bertz CT molecular complexity index is 2020. The standard InChI is InChI=1S/C32H27N7O/c1-21-15-16-33-31-28(19-35-39(21)31)22(2)36-23(3)29-17-26-10-8-9-25(14-13-24-18-34-37(4)20-24)30(26)32(40)38(29)27-11-6-5-7-12-27/h5-12,15-20,23,36H,2H2,1,3-4H3/t23-/m1/s1. The highest BCUT2D eigenvalue weighted by Gasteiger charge is 2.19.